The number of aromatic nitrogens is 2. The minimum Gasteiger partial charge on any atom is -0.370 e. The molecule has 8 heteroatoms. The van der Waals surface area contributed by atoms with E-state index in [2.05, 4.69) is 21.0 Å². The Morgan fingerprint density at radius 3 is 2.52 bits per heavy atom. The highest BCUT2D eigenvalue weighted by molar-refractivity contribution is 9.10. The van der Waals surface area contributed by atoms with E-state index in [9.17, 15) is 8.42 Å². The molecule has 1 aliphatic heterocycles. The average molecular weight is 476 g/mol. The van der Waals surface area contributed by atoms with Gasteiger partial charge in [-0.25, -0.2) is 8.42 Å². The molecule has 6 nitrogen and oxygen atoms in total. The van der Waals surface area contributed by atoms with E-state index in [0.29, 0.717) is 37.6 Å². The van der Waals surface area contributed by atoms with Crippen LogP contribution in [-0.4, -0.2) is 29.0 Å². The van der Waals surface area contributed by atoms with Gasteiger partial charge in [0.1, 0.15) is 0 Å². The first-order valence-corrected chi connectivity index (χ1v) is 11.6. The van der Waals surface area contributed by atoms with Gasteiger partial charge < -0.3 is 4.74 Å². The lowest BCUT2D eigenvalue weighted by molar-refractivity contribution is 0.103. The second-order valence-corrected chi connectivity index (χ2v) is 9.87. The third-order valence-corrected chi connectivity index (χ3v) is 7.48. The number of sulfonamides is 1. The molecule has 0 atom stereocenters. The average Bonchev–Trinajstić information content (AvgIpc) is 3.04. The molecule has 29 heavy (non-hydrogen) atoms. The van der Waals surface area contributed by atoms with E-state index in [0.717, 1.165) is 27.0 Å². The van der Waals surface area contributed by atoms with Crippen molar-refractivity contribution in [3.8, 4) is 0 Å². The molecule has 2 aromatic carbocycles. The molecular weight excluding hydrogens is 454 g/mol. The van der Waals surface area contributed by atoms with Gasteiger partial charge in [-0.1, -0.05) is 46.3 Å². The van der Waals surface area contributed by atoms with E-state index in [1.54, 1.807) is 24.3 Å². The SMILES string of the molecule is Cn1nc(COCc2ccccc2)c2c1CCN(S(=O)(=O)c1ccc(Br)cc1)C2. The molecule has 0 unspecified atom stereocenters. The van der Waals surface area contributed by atoms with Crippen molar-refractivity contribution in [1.82, 2.24) is 14.1 Å². The van der Waals surface area contributed by atoms with Crippen molar-refractivity contribution < 1.29 is 13.2 Å². The fourth-order valence-electron chi connectivity index (χ4n) is 3.56. The highest BCUT2D eigenvalue weighted by Gasteiger charge is 2.31. The Labute approximate surface area is 179 Å². The van der Waals surface area contributed by atoms with E-state index >= 15 is 0 Å². The zero-order valence-electron chi connectivity index (χ0n) is 16.1. The maximum Gasteiger partial charge on any atom is 0.243 e. The van der Waals surface area contributed by atoms with Gasteiger partial charge in [0, 0.05) is 42.3 Å². The Hall–Kier alpha value is -2.00. The van der Waals surface area contributed by atoms with Gasteiger partial charge >= 0.3 is 0 Å². The first-order chi connectivity index (χ1) is 13.9. The van der Waals surface area contributed by atoms with Gasteiger partial charge in [0.25, 0.3) is 0 Å². The normalized spacial score (nSPS) is 14.7. The minimum atomic E-state index is -3.56. The summed E-state index contributed by atoms with van der Waals surface area (Å²) >= 11 is 3.35. The molecule has 1 aliphatic rings. The van der Waals surface area contributed by atoms with Crippen LogP contribution in [0.4, 0.5) is 0 Å². The van der Waals surface area contributed by atoms with Crippen molar-refractivity contribution >= 4 is 26.0 Å². The maximum atomic E-state index is 13.1. The molecule has 0 radical (unpaired) electrons. The predicted octanol–water partition coefficient (Wildman–Crippen LogP) is 3.65. The fourth-order valence-corrected chi connectivity index (χ4v) is 5.23. The van der Waals surface area contributed by atoms with Crippen LogP contribution in [0, 0.1) is 0 Å². The lowest BCUT2D eigenvalue weighted by atomic mass is 10.1. The van der Waals surface area contributed by atoms with Gasteiger partial charge in [-0.2, -0.15) is 9.40 Å². The Morgan fingerprint density at radius 2 is 1.79 bits per heavy atom. The quantitative estimate of drug-likeness (QED) is 0.545. The molecule has 4 rings (SSSR count). The molecule has 0 spiro atoms. The molecule has 1 aromatic heterocycles. The van der Waals surface area contributed by atoms with Crippen molar-refractivity contribution in [1.29, 1.82) is 0 Å². The van der Waals surface area contributed by atoms with Gasteiger partial charge in [-0.3, -0.25) is 4.68 Å². The molecule has 0 saturated heterocycles. The van der Waals surface area contributed by atoms with Crippen LogP contribution < -0.4 is 0 Å². The number of benzene rings is 2. The zero-order valence-corrected chi connectivity index (χ0v) is 18.5. The zero-order chi connectivity index (χ0) is 20.4. The molecule has 0 aliphatic carbocycles. The number of nitrogens with zero attached hydrogens (tertiary/aromatic N) is 3. The summed E-state index contributed by atoms with van der Waals surface area (Å²) in [5.41, 5.74) is 3.92. The Balaban J connectivity index is 1.51. The molecular formula is C21H22BrN3O3S. The van der Waals surface area contributed by atoms with Crippen LogP contribution in [0.1, 0.15) is 22.5 Å². The molecule has 0 bridgehead atoms. The second-order valence-electron chi connectivity index (χ2n) is 7.02. The van der Waals surface area contributed by atoms with Gasteiger partial charge in [0.2, 0.25) is 10.0 Å². The van der Waals surface area contributed by atoms with Crippen LogP contribution in [0.5, 0.6) is 0 Å². The molecule has 0 N–H and O–H groups in total. The Morgan fingerprint density at radius 1 is 1.07 bits per heavy atom. The summed E-state index contributed by atoms with van der Waals surface area (Å²) in [4.78, 5) is 0.301. The molecule has 2 heterocycles. The number of ether oxygens (including phenoxy) is 1. The van der Waals surface area contributed by atoms with Crippen LogP contribution in [0.15, 0.2) is 64.0 Å². The van der Waals surface area contributed by atoms with Gasteiger partial charge in [0.15, 0.2) is 0 Å². The third kappa shape index (κ3) is 4.30. The third-order valence-electron chi connectivity index (χ3n) is 5.09. The predicted molar refractivity (Wildman–Crippen MR) is 114 cm³/mol. The van der Waals surface area contributed by atoms with E-state index in [1.165, 1.54) is 4.31 Å². The smallest absolute Gasteiger partial charge is 0.243 e. The number of fused-ring (bicyclic) bond motifs is 1. The highest BCUT2D eigenvalue weighted by Crippen LogP contribution is 2.28. The van der Waals surface area contributed by atoms with Crippen molar-refractivity contribution in [3.05, 3.63) is 81.6 Å². The summed E-state index contributed by atoms with van der Waals surface area (Å²) in [6.45, 7) is 1.60. The van der Waals surface area contributed by atoms with Crippen LogP contribution in [0.3, 0.4) is 0 Å². The van der Waals surface area contributed by atoms with Crippen LogP contribution in [0.2, 0.25) is 0 Å². The molecule has 152 valence electrons. The van der Waals surface area contributed by atoms with Crippen LogP contribution in [0.25, 0.3) is 0 Å². The second kappa shape index (κ2) is 8.39. The minimum absolute atomic E-state index is 0.301. The van der Waals surface area contributed by atoms with E-state index in [-0.39, 0.29) is 0 Å². The van der Waals surface area contributed by atoms with E-state index in [4.69, 9.17) is 4.74 Å². The number of hydrogen-bond donors (Lipinski definition) is 0. The van der Waals surface area contributed by atoms with Gasteiger partial charge in [0.05, 0.1) is 23.8 Å². The molecule has 0 amide bonds. The number of aryl methyl sites for hydroxylation is 1. The molecule has 0 saturated carbocycles. The summed E-state index contributed by atoms with van der Waals surface area (Å²) < 4.78 is 36.2. The first-order valence-electron chi connectivity index (χ1n) is 9.36. The van der Waals surface area contributed by atoms with Crippen LogP contribution in [-0.2, 0) is 48.0 Å². The van der Waals surface area contributed by atoms with Crippen molar-refractivity contribution in [3.63, 3.8) is 0 Å². The van der Waals surface area contributed by atoms with Crippen LogP contribution >= 0.6 is 15.9 Å². The number of rotatable bonds is 6. The Bertz CT molecular complexity index is 1100. The lowest BCUT2D eigenvalue weighted by Gasteiger charge is -2.27. The Kier molecular flexibility index (Phi) is 5.87. The summed E-state index contributed by atoms with van der Waals surface area (Å²) in [5.74, 6) is 0. The maximum absolute atomic E-state index is 13.1. The monoisotopic (exact) mass is 475 g/mol. The summed E-state index contributed by atoms with van der Waals surface area (Å²) in [7, 11) is -1.66. The number of hydrogen-bond acceptors (Lipinski definition) is 4. The molecule has 3 aromatic rings. The lowest BCUT2D eigenvalue weighted by Crippen LogP contribution is -2.36. The largest absolute Gasteiger partial charge is 0.370 e. The summed E-state index contributed by atoms with van der Waals surface area (Å²) in [5, 5.41) is 4.59. The van der Waals surface area contributed by atoms with Crippen molar-refractivity contribution in [2.45, 2.75) is 31.1 Å². The van der Waals surface area contributed by atoms with E-state index in [1.807, 2.05) is 42.1 Å². The summed E-state index contributed by atoms with van der Waals surface area (Å²) in [6, 6.07) is 16.7. The highest BCUT2D eigenvalue weighted by atomic mass is 79.9. The standard InChI is InChI=1S/C21H22BrN3O3S/c1-24-21-11-12-25(29(26,27)18-9-7-17(22)8-10-18)13-19(21)20(23-24)15-28-14-16-5-3-2-4-6-16/h2-10H,11-15H2,1H3. The summed E-state index contributed by atoms with van der Waals surface area (Å²) in [6.07, 6.45) is 0.632. The fraction of sp³-hybridized carbons (Fsp3) is 0.286. The van der Waals surface area contributed by atoms with Crippen molar-refractivity contribution in [2.75, 3.05) is 6.54 Å². The number of halogens is 1. The first kappa shape index (κ1) is 20.3. The van der Waals surface area contributed by atoms with Crippen molar-refractivity contribution in [2.24, 2.45) is 7.05 Å². The molecule has 0 fully saturated rings. The topological polar surface area (TPSA) is 64.4 Å². The van der Waals surface area contributed by atoms with Gasteiger partial charge in [-0.15, -0.1) is 0 Å². The van der Waals surface area contributed by atoms with E-state index < -0.39 is 10.0 Å². The van der Waals surface area contributed by atoms with Gasteiger partial charge in [-0.05, 0) is 29.8 Å².